The quantitative estimate of drug-likeness (QED) is 0.497. The van der Waals surface area contributed by atoms with Crippen LogP contribution in [-0.2, 0) is 0 Å². The van der Waals surface area contributed by atoms with Gasteiger partial charge in [0.2, 0.25) is 0 Å². The van der Waals surface area contributed by atoms with E-state index in [0.717, 1.165) is 12.0 Å². The van der Waals surface area contributed by atoms with Gasteiger partial charge in [-0.25, -0.2) is 0 Å². The smallest absolute Gasteiger partial charge is 0.00734 e. The third kappa shape index (κ3) is 0.643. The van der Waals surface area contributed by atoms with E-state index in [1.165, 1.54) is 19.4 Å². The molecule has 1 N–H and O–H groups in total. The predicted molar refractivity (Wildman–Crippen MR) is 31.8 cm³/mol. The van der Waals surface area contributed by atoms with Gasteiger partial charge in [-0.15, -0.1) is 12.4 Å². The van der Waals surface area contributed by atoms with Crippen LogP contribution < -0.4 is 5.32 Å². The van der Waals surface area contributed by atoms with Gasteiger partial charge < -0.3 is 5.32 Å². The fraction of sp³-hybridized carbons (Fsp3) is 1.00. The Morgan fingerprint density at radius 1 is 1.29 bits per heavy atom. The molecular weight excluding hydrogens is 110 g/mol. The van der Waals surface area contributed by atoms with Crippen LogP contribution >= 0.6 is 12.4 Å². The Kier molecular flexibility index (Phi) is 1.26. The van der Waals surface area contributed by atoms with E-state index < -0.39 is 0 Å². The van der Waals surface area contributed by atoms with E-state index in [4.69, 9.17) is 0 Å². The van der Waals surface area contributed by atoms with Crippen molar-refractivity contribution >= 4 is 12.4 Å². The molecule has 2 aliphatic heterocycles. The van der Waals surface area contributed by atoms with Crippen LogP contribution in [0.1, 0.15) is 12.8 Å². The molecule has 0 amide bonds. The molecule has 3 rings (SSSR count). The van der Waals surface area contributed by atoms with Crippen molar-refractivity contribution in [1.82, 2.24) is 5.32 Å². The maximum absolute atomic E-state index is 3.39. The largest absolute Gasteiger partial charge is 0.314 e. The van der Waals surface area contributed by atoms with Crippen molar-refractivity contribution in [3.8, 4) is 0 Å². The van der Waals surface area contributed by atoms with Gasteiger partial charge in [-0.1, -0.05) is 0 Å². The average Bonchev–Trinajstić information content (AvgIpc) is 1.72. The summed E-state index contributed by atoms with van der Waals surface area (Å²) in [7, 11) is 0. The molecule has 1 saturated carbocycles. The molecule has 7 heavy (non-hydrogen) atoms. The van der Waals surface area contributed by atoms with Crippen molar-refractivity contribution < 1.29 is 0 Å². The van der Waals surface area contributed by atoms with Crippen LogP contribution in [0.4, 0.5) is 0 Å². The first-order chi connectivity index (χ1) is 2.95. The molecule has 2 saturated heterocycles. The minimum absolute atomic E-state index is 0. The highest BCUT2D eigenvalue weighted by atomic mass is 35.5. The topological polar surface area (TPSA) is 12.0 Å². The Hall–Kier alpha value is 0.250. The molecule has 0 aromatic heterocycles. The summed E-state index contributed by atoms with van der Waals surface area (Å²) in [6.45, 7) is 1.31. The third-order valence-electron chi connectivity index (χ3n) is 1.93. The van der Waals surface area contributed by atoms with Gasteiger partial charge in [-0.05, 0) is 25.3 Å². The van der Waals surface area contributed by atoms with Gasteiger partial charge in [0.15, 0.2) is 0 Å². The van der Waals surface area contributed by atoms with E-state index in [1.807, 2.05) is 0 Å². The minimum atomic E-state index is 0. The molecule has 3 fully saturated rings. The molecule has 0 spiro atoms. The molecular formula is C5H10ClN. The van der Waals surface area contributed by atoms with Crippen LogP contribution in [-0.4, -0.2) is 12.6 Å². The second-order valence-corrected chi connectivity index (χ2v) is 2.44. The second kappa shape index (κ2) is 1.64. The lowest BCUT2D eigenvalue weighted by atomic mass is 9.87. The fourth-order valence-corrected chi connectivity index (χ4v) is 1.40. The van der Waals surface area contributed by atoms with E-state index in [-0.39, 0.29) is 12.4 Å². The van der Waals surface area contributed by atoms with Crippen LogP contribution in [0, 0.1) is 5.92 Å². The van der Waals surface area contributed by atoms with Crippen LogP contribution in [0.3, 0.4) is 0 Å². The van der Waals surface area contributed by atoms with E-state index in [1.54, 1.807) is 0 Å². The van der Waals surface area contributed by atoms with Crippen LogP contribution in [0.25, 0.3) is 0 Å². The number of hydrogen-bond acceptors (Lipinski definition) is 1. The minimum Gasteiger partial charge on any atom is -0.314 e. The summed E-state index contributed by atoms with van der Waals surface area (Å²) in [4.78, 5) is 0. The molecule has 2 heterocycles. The molecule has 2 heteroatoms. The van der Waals surface area contributed by atoms with E-state index in [9.17, 15) is 0 Å². The van der Waals surface area contributed by atoms with Crippen molar-refractivity contribution in [2.75, 3.05) is 6.54 Å². The van der Waals surface area contributed by atoms with Crippen LogP contribution in [0.5, 0.6) is 0 Å². The van der Waals surface area contributed by atoms with Gasteiger partial charge in [0.25, 0.3) is 0 Å². The molecule has 2 bridgehead atoms. The number of rotatable bonds is 0. The zero-order chi connectivity index (χ0) is 3.98. The zero-order valence-electron chi connectivity index (χ0n) is 4.18. The highest BCUT2D eigenvalue weighted by molar-refractivity contribution is 5.85. The van der Waals surface area contributed by atoms with Crippen molar-refractivity contribution in [1.29, 1.82) is 0 Å². The van der Waals surface area contributed by atoms with Crippen molar-refractivity contribution in [3.63, 3.8) is 0 Å². The standard InChI is InChI=1S/C5H9N.ClH/c1-4-2-5(1)6-3-4;/h4-6H,1-3H2;1H. The molecule has 3 aliphatic rings. The summed E-state index contributed by atoms with van der Waals surface area (Å²) in [6.07, 6.45) is 2.94. The monoisotopic (exact) mass is 119 g/mol. The Morgan fingerprint density at radius 2 is 2.00 bits per heavy atom. The number of nitrogens with one attached hydrogen (secondary N) is 1. The van der Waals surface area contributed by atoms with E-state index >= 15 is 0 Å². The van der Waals surface area contributed by atoms with Crippen molar-refractivity contribution in [2.45, 2.75) is 18.9 Å². The first-order valence-corrected chi connectivity index (χ1v) is 2.68. The summed E-state index contributed by atoms with van der Waals surface area (Å²) in [5.74, 6) is 1.08. The summed E-state index contributed by atoms with van der Waals surface area (Å²) in [5, 5.41) is 3.39. The molecule has 0 aromatic carbocycles. The summed E-state index contributed by atoms with van der Waals surface area (Å²) in [6, 6.07) is 0.940. The highest BCUT2D eigenvalue weighted by Crippen LogP contribution is 2.32. The van der Waals surface area contributed by atoms with Crippen molar-refractivity contribution in [3.05, 3.63) is 0 Å². The lowest BCUT2D eigenvalue weighted by molar-refractivity contribution is 0.372. The first-order valence-electron chi connectivity index (χ1n) is 2.68. The van der Waals surface area contributed by atoms with Crippen LogP contribution in [0.15, 0.2) is 0 Å². The molecule has 42 valence electrons. The lowest BCUT2D eigenvalue weighted by Gasteiger charge is -2.19. The molecule has 1 aliphatic carbocycles. The Morgan fingerprint density at radius 3 is 2.14 bits per heavy atom. The number of fused-ring (bicyclic) bond motifs is 1. The summed E-state index contributed by atoms with van der Waals surface area (Å²) >= 11 is 0. The Labute approximate surface area is 49.9 Å². The lowest BCUT2D eigenvalue weighted by Crippen LogP contribution is -2.23. The maximum Gasteiger partial charge on any atom is 0.00734 e. The zero-order valence-corrected chi connectivity index (χ0v) is 5.00. The molecule has 1 nitrogen and oxygen atoms in total. The summed E-state index contributed by atoms with van der Waals surface area (Å²) in [5.41, 5.74) is 0. The second-order valence-electron chi connectivity index (χ2n) is 2.44. The van der Waals surface area contributed by atoms with Gasteiger partial charge >= 0.3 is 0 Å². The average molecular weight is 120 g/mol. The first kappa shape index (κ1) is 5.39. The van der Waals surface area contributed by atoms with E-state index in [0.29, 0.717) is 0 Å². The van der Waals surface area contributed by atoms with Gasteiger partial charge in [0, 0.05) is 6.04 Å². The molecule has 0 aromatic rings. The van der Waals surface area contributed by atoms with Crippen LogP contribution in [0.2, 0.25) is 0 Å². The number of hydrogen-bond donors (Lipinski definition) is 1. The van der Waals surface area contributed by atoms with Gasteiger partial charge in [-0.3, -0.25) is 0 Å². The Bertz CT molecular complexity index is 55.0. The highest BCUT2D eigenvalue weighted by Gasteiger charge is 2.35. The molecule has 0 radical (unpaired) electrons. The van der Waals surface area contributed by atoms with Gasteiger partial charge in [0.1, 0.15) is 0 Å². The fourth-order valence-electron chi connectivity index (χ4n) is 1.40. The predicted octanol–water partition coefficient (Wildman–Crippen LogP) is 0.790. The van der Waals surface area contributed by atoms with E-state index in [2.05, 4.69) is 5.32 Å². The SMILES string of the molecule is C1NC2CC1C2.Cl. The van der Waals surface area contributed by atoms with Gasteiger partial charge in [-0.2, -0.15) is 0 Å². The Balaban J connectivity index is 0.000000245. The molecule has 0 unspecified atom stereocenters. The number of halogens is 1. The third-order valence-corrected chi connectivity index (χ3v) is 1.93. The van der Waals surface area contributed by atoms with Gasteiger partial charge in [0.05, 0.1) is 0 Å². The maximum atomic E-state index is 3.39. The molecule has 0 atom stereocenters. The van der Waals surface area contributed by atoms with Crippen molar-refractivity contribution in [2.24, 2.45) is 5.92 Å². The summed E-state index contributed by atoms with van der Waals surface area (Å²) < 4.78 is 0. The normalized spacial score (nSPS) is 44.6.